The molecule has 13 heavy (non-hydrogen) atoms. The number of rotatable bonds is 6. The first-order valence-electron chi connectivity index (χ1n) is 4.71. The summed E-state index contributed by atoms with van der Waals surface area (Å²) in [7, 11) is 0. The van der Waals surface area contributed by atoms with Crippen molar-refractivity contribution in [2.45, 2.75) is 39.5 Å². The molecule has 0 aromatic carbocycles. The molecule has 0 fully saturated rings. The summed E-state index contributed by atoms with van der Waals surface area (Å²) in [4.78, 5) is 0. The summed E-state index contributed by atoms with van der Waals surface area (Å²) in [5.41, 5.74) is 0. The number of thiocarbonyl (C=S) groups is 1. The third-order valence-electron chi connectivity index (χ3n) is 1.53. The third-order valence-corrected chi connectivity index (χ3v) is 2.93. The Hall–Kier alpha value is 1.50. The molecule has 0 heterocycles. The van der Waals surface area contributed by atoms with Crippen LogP contribution in [0.5, 0.6) is 0 Å². The molecule has 0 unspecified atom stereocenters. The summed E-state index contributed by atoms with van der Waals surface area (Å²) in [6.07, 6.45) is 4.97. The van der Waals surface area contributed by atoms with Gasteiger partial charge >= 0.3 is 37.7 Å². The van der Waals surface area contributed by atoms with Gasteiger partial charge in [0.25, 0.3) is 0 Å². The average molecular weight is 247 g/mol. The summed E-state index contributed by atoms with van der Waals surface area (Å²) >= 11 is 6.90. The van der Waals surface area contributed by atoms with Crippen molar-refractivity contribution in [1.82, 2.24) is 5.32 Å². The maximum atomic E-state index is 5.13. The molecule has 0 aliphatic carbocycles. The van der Waals surface area contributed by atoms with E-state index in [2.05, 4.69) is 19.2 Å². The number of thioether (sulfide) groups is 1. The first-order chi connectivity index (χ1) is 5.81. The molecule has 0 saturated heterocycles. The van der Waals surface area contributed by atoms with E-state index in [-0.39, 0.29) is 37.7 Å². The van der Waals surface area contributed by atoms with Crippen LogP contribution in [0, 0.1) is 0 Å². The van der Waals surface area contributed by atoms with E-state index in [0.29, 0.717) is 0 Å². The van der Waals surface area contributed by atoms with Crippen molar-refractivity contribution in [3.05, 3.63) is 0 Å². The molecular weight excluding hydrogens is 226 g/mol. The fraction of sp³-hybridized carbons (Fsp3) is 0.889. The van der Waals surface area contributed by atoms with E-state index >= 15 is 0 Å². The summed E-state index contributed by atoms with van der Waals surface area (Å²) in [5, 5.41) is 3.24. The van der Waals surface area contributed by atoms with Crippen molar-refractivity contribution in [1.29, 1.82) is 0 Å². The second kappa shape index (κ2) is 13.5. The molecule has 0 aliphatic rings. The number of hydrogen-bond donors (Lipinski definition) is 1. The van der Waals surface area contributed by atoms with E-state index < -0.39 is 0 Å². The fourth-order valence-corrected chi connectivity index (χ4v) is 1.90. The molecule has 76 valence electrons. The monoisotopic (exact) mass is 247 g/mol. The topological polar surface area (TPSA) is 12.0 Å². The molecule has 0 amide bonds. The molecule has 0 spiro atoms. The second-order valence-corrected chi connectivity index (χ2v) is 4.54. The van der Waals surface area contributed by atoms with Crippen molar-refractivity contribution in [3.63, 3.8) is 0 Å². The van der Waals surface area contributed by atoms with Crippen molar-refractivity contribution in [3.8, 4) is 0 Å². The van der Waals surface area contributed by atoms with Gasteiger partial charge in [0.15, 0.2) is 0 Å². The molecule has 0 radical (unpaired) electrons. The molecule has 0 saturated carbocycles. The van der Waals surface area contributed by atoms with Crippen molar-refractivity contribution < 1.29 is 0 Å². The minimum absolute atomic E-state index is 0. The van der Waals surface area contributed by atoms with Gasteiger partial charge in [-0.2, -0.15) is 0 Å². The van der Waals surface area contributed by atoms with E-state index in [1.54, 1.807) is 11.8 Å². The average Bonchev–Trinajstić information content (AvgIpc) is 2.06. The molecule has 1 nitrogen and oxygen atoms in total. The van der Waals surface area contributed by atoms with Crippen molar-refractivity contribution >= 4 is 66.0 Å². The Morgan fingerprint density at radius 1 is 1.23 bits per heavy atom. The Morgan fingerprint density at radius 2 is 1.85 bits per heavy atom. The summed E-state index contributed by atoms with van der Waals surface area (Å²) < 4.78 is 0.969. The van der Waals surface area contributed by atoms with Gasteiger partial charge in [-0.1, -0.05) is 50.7 Å². The van der Waals surface area contributed by atoms with Gasteiger partial charge in [0.1, 0.15) is 4.32 Å². The number of unbranched alkanes of at least 4 members (excludes halogenated alkanes) is 2. The van der Waals surface area contributed by atoms with Gasteiger partial charge in [0.2, 0.25) is 0 Å². The van der Waals surface area contributed by atoms with Crippen LogP contribution in [0.3, 0.4) is 0 Å². The van der Waals surface area contributed by atoms with Crippen LogP contribution in [0.15, 0.2) is 0 Å². The Balaban J connectivity index is 0. The van der Waals surface area contributed by atoms with Crippen LogP contribution in [-0.2, 0) is 0 Å². The second-order valence-electron chi connectivity index (χ2n) is 2.77. The third kappa shape index (κ3) is 13.5. The zero-order chi connectivity index (χ0) is 9.23. The normalized spacial score (nSPS) is 9.08. The molecule has 0 atom stereocenters. The molecule has 0 aromatic rings. The predicted octanol–water partition coefficient (Wildman–Crippen LogP) is 2.28. The van der Waals surface area contributed by atoms with Crippen LogP contribution >= 0.6 is 24.0 Å². The van der Waals surface area contributed by atoms with Crippen molar-refractivity contribution in [2.75, 3.05) is 12.3 Å². The molecule has 0 aliphatic heterocycles. The van der Waals surface area contributed by atoms with Gasteiger partial charge in [-0.15, -0.1) is 0 Å². The zero-order valence-corrected chi connectivity index (χ0v) is 9.69. The van der Waals surface area contributed by atoms with E-state index in [0.717, 1.165) is 16.6 Å². The summed E-state index contributed by atoms with van der Waals surface area (Å²) in [6, 6.07) is 0. The van der Waals surface area contributed by atoms with Crippen LogP contribution in [0.2, 0.25) is 0 Å². The maximum absolute atomic E-state index is 5.13. The van der Waals surface area contributed by atoms with Gasteiger partial charge in [0, 0.05) is 12.3 Å². The van der Waals surface area contributed by atoms with Gasteiger partial charge < -0.3 is 5.32 Å². The fourth-order valence-electron chi connectivity index (χ4n) is 0.727. The minimum atomic E-state index is 0. The SMILES string of the molecule is CCCCNC(=S)SCCCC.[CaH2]. The summed E-state index contributed by atoms with van der Waals surface area (Å²) in [5.74, 6) is 1.16. The van der Waals surface area contributed by atoms with E-state index in [9.17, 15) is 0 Å². The van der Waals surface area contributed by atoms with Gasteiger partial charge in [-0.05, 0) is 12.8 Å². The van der Waals surface area contributed by atoms with Gasteiger partial charge in [-0.3, -0.25) is 0 Å². The van der Waals surface area contributed by atoms with Gasteiger partial charge in [0.05, 0.1) is 0 Å². The van der Waals surface area contributed by atoms with E-state index in [4.69, 9.17) is 12.2 Å². The molecule has 0 rings (SSSR count). The molecule has 4 heteroatoms. The Labute approximate surface area is 122 Å². The quantitative estimate of drug-likeness (QED) is 0.439. The van der Waals surface area contributed by atoms with Crippen LogP contribution in [0.25, 0.3) is 0 Å². The zero-order valence-electron chi connectivity index (χ0n) is 8.06. The van der Waals surface area contributed by atoms with Gasteiger partial charge in [-0.25, -0.2) is 0 Å². The van der Waals surface area contributed by atoms with Crippen LogP contribution in [0.1, 0.15) is 39.5 Å². The molecule has 1 N–H and O–H groups in total. The van der Waals surface area contributed by atoms with Crippen molar-refractivity contribution in [2.24, 2.45) is 0 Å². The standard InChI is InChI=1S/C9H19NS2.Ca.2H/c1-3-5-7-10-9(11)12-8-6-4-2;;;/h3-8H2,1-2H3,(H,10,11);;;. The van der Waals surface area contributed by atoms with Crippen LogP contribution in [-0.4, -0.2) is 54.4 Å². The number of nitrogens with one attached hydrogen (secondary N) is 1. The number of hydrogen-bond acceptors (Lipinski definition) is 2. The first kappa shape index (κ1) is 16.9. The predicted molar refractivity (Wildman–Crippen MR) is 71.4 cm³/mol. The Bertz CT molecular complexity index is 108. The van der Waals surface area contributed by atoms with Crippen LogP contribution < -0.4 is 5.32 Å². The molecule has 0 aromatic heterocycles. The Morgan fingerprint density at radius 3 is 2.38 bits per heavy atom. The molecular formula is C9H21CaNS2. The Kier molecular flexibility index (Phi) is 17.6. The first-order valence-corrected chi connectivity index (χ1v) is 6.11. The molecule has 0 bridgehead atoms. The van der Waals surface area contributed by atoms with E-state index in [1.165, 1.54) is 25.7 Å². The van der Waals surface area contributed by atoms with Crippen LogP contribution in [0.4, 0.5) is 0 Å². The van der Waals surface area contributed by atoms with E-state index in [1.807, 2.05) is 0 Å². The summed E-state index contributed by atoms with van der Waals surface area (Å²) in [6.45, 7) is 5.43.